The zero-order valence-corrected chi connectivity index (χ0v) is 8.37. The van der Waals surface area contributed by atoms with Crippen molar-refractivity contribution in [2.45, 2.75) is 13.8 Å². The molecule has 0 atom stereocenters. The van der Waals surface area contributed by atoms with E-state index in [1.54, 1.807) is 19.2 Å². The number of aromatic nitrogens is 1. The lowest BCUT2D eigenvalue weighted by atomic mass is 10.2. The van der Waals surface area contributed by atoms with Crippen LogP contribution in [0.25, 0.3) is 6.08 Å². The summed E-state index contributed by atoms with van der Waals surface area (Å²) < 4.78 is 0.637. The molecule has 0 radical (unpaired) electrons. The average Bonchev–Trinajstić information content (AvgIpc) is 2.35. The van der Waals surface area contributed by atoms with Crippen molar-refractivity contribution >= 4 is 34.8 Å². The van der Waals surface area contributed by atoms with Gasteiger partial charge in [0, 0.05) is 0 Å². The van der Waals surface area contributed by atoms with Crippen LogP contribution >= 0.6 is 22.9 Å². The van der Waals surface area contributed by atoms with Gasteiger partial charge in [0.15, 0.2) is 5.78 Å². The van der Waals surface area contributed by atoms with Crippen LogP contribution in [-0.2, 0) is 4.79 Å². The maximum absolute atomic E-state index is 10.8. The second-order valence-corrected chi connectivity index (χ2v) is 4.08. The van der Waals surface area contributed by atoms with Crippen molar-refractivity contribution in [1.29, 1.82) is 0 Å². The van der Waals surface area contributed by atoms with Gasteiger partial charge in [-0.1, -0.05) is 11.6 Å². The van der Waals surface area contributed by atoms with E-state index < -0.39 is 0 Å². The Hall–Kier alpha value is -0.670. The predicted molar refractivity (Wildman–Crippen MR) is 51.5 cm³/mol. The van der Waals surface area contributed by atoms with Crippen LogP contribution in [0, 0.1) is 0 Å². The Morgan fingerprint density at radius 3 is 2.75 bits per heavy atom. The van der Waals surface area contributed by atoms with E-state index in [0.29, 0.717) is 9.91 Å². The molecule has 0 aromatic carbocycles. The first-order valence-corrected chi connectivity index (χ1v) is 4.59. The predicted octanol–water partition coefficient (Wildman–Crippen LogP) is 2.79. The molecular formula is C8H8ClNOS. The van der Waals surface area contributed by atoms with Crippen LogP contribution in [0.5, 0.6) is 0 Å². The van der Waals surface area contributed by atoms with Gasteiger partial charge in [0.1, 0.15) is 9.34 Å². The molecule has 0 saturated carbocycles. The molecule has 1 aromatic heterocycles. The number of hydrogen-bond acceptors (Lipinski definition) is 3. The summed E-state index contributed by atoms with van der Waals surface area (Å²) >= 11 is 7.02. The number of Topliss-reactive ketones (excluding diaryl/α,β-unsaturated/α-hetero) is 1. The lowest BCUT2D eigenvalue weighted by molar-refractivity contribution is -0.113. The fraction of sp³-hybridized carbons (Fsp3) is 0.250. The maximum Gasteiger partial charge on any atom is 0.155 e. The number of thiazole rings is 1. The number of halogens is 1. The standard InChI is InChI=1S/C8H8ClNOS/c1-5(6(2)11)3-8-10-4-7(9)12-8/h3-4H,1-2H3/b5-3+. The first-order chi connectivity index (χ1) is 5.59. The molecule has 0 fully saturated rings. The minimum absolute atomic E-state index is 0.0568. The van der Waals surface area contributed by atoms with Gasteiger partial charge in [0.05, 0.1) is 6.20 Å². The summed E-state index contributed by atoms with van der Waals surface area (Å²) in [6.07, 6.45) is 3.31. The van der Waals surface area contributed by atoms with E-state index in [1.807, 2.05) is 0 Å². The lowest BCUT2D eigenvalue weighted by Gasteiger charge is -1.89. The molecule has 0 spiro atoms. The first-order valence-electron chi connectivity index (χ1n) is 3.40. The topological polar surface area (TPSA) is 30.0 Å². The van der Waals surface area contributed by atoms with Gasteiger partial charge in [-0.3, -0.25) is 4.79 Å². The van der Waals surface area contributed by atoms with E-state index in [1.165, 1.54) is 18.3 Å². The van der Waals surface area contributed by atoms with Gasteiger partial charge in [-0.15, -0.1) is 11.3 Å². The highest BCUT2D eigenvalue weighted by Gasteiger charge is 1.99. The quantitative estimate of drug-likeness (QED) is 0.689. The van der Waals surface area contributed by atoms with Crippen molar-refractivity contribution < 1.29 is 4.79 Å². The molecule has 0 saturated heterocycles. The third kappa shape index (κ3) is 2.43. The summed E-state index contributed by atoms with van der Waals surface area (Å²) in [4.78, 5) is 14.8. The summed E-state index contributed by atoms with van der Waals surface area (Å²) in [5.74, 6) is 0.0568. The van der Waals surface area contributed by atoms with Crippen LogP contribution in [0.1, 0.15) is 18.9 Å². The summed E-state index contributed by atoms with van der Waals surface area (Å²) in [5.41, 5.74) is 0.695. The SMILES string of the molecule is CC(=O)/C(C)=C/c1ncc(Cl)s1. The van der Waals surface area contributed by atoms with Crippen LogP contribution in [-0.4, -0.2) is 10.8 Å². The highest BCUT2D eigenvalue weighted by Crippen LogP contribution is 2.20. The molecule has 0 aliphatic rings. The van der Waals surface area contributed by atoms with Gasteiger partial charge < -0.3 is 0 Å². The van der Waals surface area contributed by atoms with Crippen molar-refractivity contribution in [3.05, 3.63) is 21.1 Å². The largest absolute Gasteiger partial charge is 0.295 e. The lowest BCUT2D eigenvalue weighted by Crippen LogP contribution is -1.89. The second kappa shape index (κ2) is 3.83. The molecule has 2 nitrogen and oxygen atoms in total. The molecule has 0 N–H and O–H groups in total. The van der Waals surface area contributed by atoms with E-state index in [-0.39, 0.29) is 5.78 Å². The summed E-state index contributed by atoms with van der Waals surface area (Å²) in [7, 11) is 0. The van der Waals surface area contributed by atoms with Crippen LogP contribution < -0.4 is 0 Å². The van der Waals surface area contributed by atoms with E-state index in [2.05, 4.69) is 4.98 Å². The molecule has 0 unspecified atom stereocenters. The van der Waals surface area contributed by atoms with Crippen molar-refractivity contribution in [1.82, 2.24) is 4.98 Å². The Balaban J connectivity index is 2.87. The van der Waals surface area contributed by atoms with E-state index in [4.69, 9.17) is 11.6 Å². The fourth-order valence-corrected chi connectivity index (χ4v) is 1.55. The van der Waals surface area contributed by atoms with Crippen molar-refractivity contribution in [3.63, 3.8) is 0 Å². The molecule has 12 heavy (non-hydrogen) atoms. The Morgan fingerprint density at radius 1 is 1.67 bits per heavy atom. The number of allylic oxidation sites excluding steroid dienone is 1. The van der Waals surface area contributed by atoms with Crippen molar-refractivity contribution in [2.75, 3.05) is 0 Å². The van der Waals surface area contributed by atoms with Crippen LogP contribution in [0.3, 0.4) is 0 Å². The molecule has 1 rings (SSSR count). The van der Waals surface area contributed by atoms with Crippen molar-refractivity contribution in [3.8, 4) is 0 Å². The molecule has 0 bridgehead atoms. The molecule has 0 amide bonds. The first kappa shape index (κ1) is 9.42. The molecule has 0 aliphatic carbocycles. The molecular weight excluding hydrogens is 194 g/mol. The summed E-state index contributed by atoms with van der Waals surface area (Å²) in [6.45, 7) is 3.29. The summed E-state index contributed by atoms with van der Waals surface area (Å²) in [5, 5.41) is 0.771. The third-order valence-corrected chi connectivity index (χ3v) is 2.45. The fourth-order valence-electron chi connectivity index (χ4n) is 0.621. The number of rotatable bonds is 2. The molecule has 0 aliphatic heterocycles. The number of carbonyl (C=O) groups excluding carboxylic acids is 1. The van der Waals surface area contributed by atoms with Crippen LogP contribution in [0.2, 0.25) is 4.34 Å². The zero-order valence-electron chi connectivity index (χ0n) is 6.80. The van der Waals surface area contributed by atoms with E-state index in [9.17, 15) is 4.79 Å². The van der Waals surface area contributed by atoms with Gasteiger partial charge in [0.25, 0.3) is 0 Å². The summed E-state index contributed by atoms with van der Waals surface area (Å²) in [6, 6.07) is 0. The van der Waals surface area contributed by atoms with E-state index in [0.717, 1.165) is 5.01 Å². The van der Waals surface area contributed by atoms with Crippen LogP contribution in [0.4, 0.5) is 0 Å². The zero-order chi connectivity index (χ0) is 9.14. The second-order valence-electron chi connectivity index (χ2n) is 2.39. The highest BCUT2D eigenvalue weighted by atomic mass is 35.5. The third-order valence-electron chi connectivity index (χ3n) is 1.39. The molecule has 1 aromatic rings. The Kier molecular flexibility index (Phi) is 3.00. The Bertz CT molecular complexity index is 330. The van der Waals surface area contributed by atoms with Gasteiger partial charge in [-0.2, -0.15) is 0 Å². The molecule has 64 valence electrons. The molecule has 1 heterocycles. The minimum atomic E-state index is 0.0568. The maximum atomic E-state index is 10.8. The Morgan fingerprint density at radius 2 is 2.33 bits per heavy atom. The van der Waals surface area contributed by atoms with Gasteiger partial charge in [-0.25, -0.2) is 4.98 Å². The van der Waals surface area contributed by atoms with Gasteiger partial charge >= 0.3 is 0 Å². The monoisotopic (exact) mass is 201 g/mol. The molecule has 4 heteroatoms. The van der Waals surface area contributed by atoms with Gasteiger partial charge in [0.2, 0.25) is 0 Å². The number of nitrogens with zero attached hydrogens (tertiary/aromatic N) is 1. The number of hydrogen-bond donors (Lipinski definition) is 0. The van der Waals surface area contributed by atoms with Crippen molar-refractivity contribution in [2.24, 2.45) is 0 Å². The minimum Gasteiger partial charge on any atom is -0.295 e. The normalized spacial score (nSPS) is 11.8. The highest BCUT2D eigenvalue weighted by molar-refractivity contribution is 7.16. The Labute approximate surface area is 79.9 Å². The van der Waals surface area contributed by atoms with Crippen LogP contribution in [0.15, 0.2) is 11.8 Å². The van der Waals surface area contributed by atoms with E-state index >= 15 is 0 Å². The average molecular weight is 202 g/mol. The van der Waals surface area contributed by atoms with Gasteiger partial charge in [-0.05, 0) is 25.5 Å². The number of ketones is 1. The number of carbonyl (C=O) groups is 1. The smallest absolute Gasteiger partial charge is 0.155 e.